The van der Waals surface area contributed by atoms with E-state index in [1.807, 2.05) is 0 Å². The fraction of sp³-hybridized carbons (Fsp3) is 0.722. The van der Waals surface area contributed by atoms with Crippen LogP contribution in [0, 0.1) is 0 Å². The lowest BCUT2D eigenvalue weighted by atomic mass is 9.88. The molecule has 0 aliphatic carbocycles. The van der Waals surface area contributed by atoms with Gasteiger partial charge in [-0.05, 0) is 42.9 Å². The van der Waals surface area contributed by atoms with Crippen LogP contribution in [0.4, 0.5) is 5.82 Å². The van der Waals surface area contributed by atoms with Crippen LogP contribution in [0.25, 0.3) is 0 Å². The number of aromatic nitrogens is 1. The van der Waals surface area contributed by atoms with E-state index in [2.05, 4.69) is 56.2 Å². The second-order valence-electron chi connectivity index (χ2n) is 7.25. The molecule has 0 saturated carbocycles. The molecule has 1 N–H and O–H groups in total. The Balaban J connectivity index is 2.07. The van der Waals surface area contributed by atoms with Crippen LogP contribution in [0.5, 0.6) is 0 Å². The fourth-order valence-electron chi connectivity index (χ4n) is 2.84. The van der Waals surface area contributed by atoms with Crippen LogP contribution in [0.2, 0.25) is 0 Å². The molecule has 3 heteroatoms. The van der Waals surface area contributed by atoms with Crippen molar-refractivity contribution >= 4 is 5.82 Å². The van der Waals surface area contributed by atoms with Gasteiger partial charge in [0, 0.05) is 25.3 Å². The zero-order valence-corrected chi connectivity index (χ0v) is 14.2. The summed E-state index contributed by atoms with van der Waals surface area (Å²) in [5, 5.41) is 3.60. The first-order valence-electron chi connectivity index (χ1n) is 8.45. The number of hydrogen-bond acceptors (Lipinski definition) is 3. The van der Waals surface area contributed by atoms with E-state index in [1.165, 1.54) is 37.8 Å². The molecule has 118 valence electrons. The van der Waals surface area contributed by atoms with Crippen LogP contribution < -0.4 is 10.2 Å². The molecule has 2 heterocycles. The highest BCUT2D eigenvalue weighted by Gasteiger charge is 2.19. The zero-order valence-electron chi connectivity index (χ0n) is 14.2. The first-order chi connectivity index (χ1) is 10.0. The van der Waals surface area contributed by atoms with Crippen LogP contribution in [-0.2, 0) is 5.41 Å². The number of hydrogen-bond donors (Lipinski definition) is 1. The summed E-state index contributed by atoms with van der Waals surface area (Å²) in [6, 6.07) is 5.07. The molecule has 0 amide bonds. The highest BCUT2D eigenvalue weighted by molar-refractivity contribution is 5.40. The van der Waals surface area contributed by atoms with Gasteiger partial charge in [0.1, 0.15) is 5.82 Å². The average Bonchev–Trinajstić information content (AvgIpc) is 2.95. The molecule has 1 atom stereocenters. The van der Waals surface area contributed by atoms with E-state index in [9.17, 15) is 0 Å². The van der Waals surface area contributed by atoms with Gasteiger partial charge in [0.2, 0.25) is 0 Å². The molecule has 1 aromatic heterocycles. The minimum Gasteiger partial charge on any atom is -0.355 e. The third kappa shape index (κ3) is 4.70. The summed E-state index contributed by atoms with van der Waals surface area (Å²) < 4.78 is 0. The van der Waals surface area contributed by atoms with Crippen LogP contribution in [-0.4, -0.2) is 30.7 Å². The normalized spacial score (nSPS) is 19.0. The van der Waals surface area contributed by atoms with E-state index in [4.69, 9.17) is 4.98 Å². The minimum atomic E-state index is 0.173. The predicted molar refractivity (Wildman–Crippen MR) is 91.1 cm³/mol. The smallest absolute Gasteiger partial charge is 0.128 e. The molecule has 1 unspecified atom stereocenters. The van der Waals surface area contributed by atoms with Crippen molar-refractivity contribution in [3.63, 3.8) is 0 Å². The predicted octanol–water partition coefficient (Wildman–Crippen LogP) is 3.74. The molecule has 1 aliphatic heterocycles. The number of nitrogens with one attached hydrogen (secondary N) is 1. The van der Waals surface area contributed by atoms with Crippen molar-refractivity contribution in [1.82, 2.24) is 10.3 Å². The fourth-order valence-corrected chi connectivity index (χ4v) is 2.84. The molecular formula is C18H31N3. The van der Waals surface area contributed by atoms with Gasteiger partial charge in [-0.2, -0.15) is 0 Å². The Labute approximate surface area is 130 Å². The van der Waals surface area contributed by atoms with Gasteiger partial charge in [0.15, 0.2) is 0 Å². The summed E-state index contributed by atoms with van der Waals surface area (Å²) >= 11 is 0. The number of anilines is 1. The molecule has 1 aliphatic rings. The number of pyridine rings is 1. The van der Waals surface area contributed by atoms with Crippen LogP contribution in [0.15, 0.2) is 18.3 Å². The third-order valence-electron chi connectivity index (χ3n) is 4.32. The summed E-state index contributed by atoms with van der Waals surface area (Å²) in [6.07, 6.45) is 7.12. The summed E-state index contributed by atoms with van der Waals surface area (Å²) in [5.74, 6) is 1.13. The van der Waals surface area contributed by atoms with Crippen molar-refractivity contribution in [2.45, 2.75) is 64.8 Å². The number of nitrogens with zero attached hydrogens (tertiary/aromatic N) is 2. The van der Waals surface area contributed by atoms with Crippen LogP contribution in [0.3, 0.4) is 0 Å². The average molecular weight is 289 g/mol. The Kier molecular flexibility index (Phi) is 5.63. The van der Waals surface area contributed by atoms with Crippen molar-refractivity contribution < 1.29 is 0 Å². The van der Waals surface area contributed by atoms with E-state index in [0.29, 0.717) is 6.04 Å². The molecule has 0 bridgehead atoms. The summed E-state index contributed by atoms with van der Waals surface area (Å²) in [5.41, 5.74) is 1.48. The monoisotopic (exact) mass is 289 g/mol. The Morgan fingerprint density at radius 3 is 2.67 bits per heavy atom. The minimum absolute atomic E-state index is 0.173. The van der Waals surface area contributed by atoms with Gasteiger partial charge in [-0.3, -0.25) is 0 Å². The topological polar surface area (TPSA) is 28.2 Å². The molecule has 1 aromatic rings. The second kappa shape index (κ2) is 7.26. The molecule has 1 fully saturated rings. The molecular weight excluding hydrogens is 258 g/mol. The van der Waals surface area contributed by atoms with Crippen molar-refractivity contribution in [2.24, 2.45) is 0 Å². The quantitative estimate of drug-likeness (QED) is 0.864. The molecule has 0 spiro atoms. The Morgan fingerprint density at radius 1 is 1.33 bits per heavy atom. The molecule has 0 radical (unpaired) electrons. The molecule has 3 nitrogen and oxygen atoms in total. The standard InChI is InChI=1S/C18H31N3/c1-5-6-12-21(14-16-8-7-11-19-16)17-10-9-15(13-20-17)18(2,3)4/h9-10,13,16,19H,5-8,11-12,14H2,1-4H3. The molecule has 1 saturated heterocycles. The first kappa shape index (κ1) is 16.3. The Morgan fingerprint density at radius 2 is 2.14 bits per heavy atom. The number of rotatable bonds is 6. The van der Waals surface area contributed by atoms with Crippen LogP contribution in [0.1, 0.15) is 58.9 Å². The van der Waals surface area contributed by atoms with Gasteiger partial charge in [-0.15, -0.1) is 0 Å². The van der Waals surface area contributed by atoms with Crippen molar-refractivity contribution in [1.29, 1.82) is 0 Å². The van der Waals surface area contributed by atoms with E-state index < -0.39 is 0 Å². The summed E-state index contributed by atoms with van der Waals surface area (Å²) in [7, 11) is 0. The lowest BCUT2D eigenvalue weighted by Crippen LogP contribution is -2.38. The van der Waals surface area contributed by atoms with E-state index in [0.717, 1.165) is 18.9 Å². The molecule has 2 rings (SSSR count). The van der Waals surface area contributed by atoms with Gasteiger partial charge < -0.3 is 10.2 Å². The largest absolute Gasteiger partial charge is 0.355 e. The maximum absolute atomic E-state index is 4.74. The van der Waals surface area contributed by atoms with Crippen LogP contribution >= 0.6 is 0 Å². The summed E-state index contributed by atoms with van der Waals surface area (Å²) in [6.45, 7) is 12.3. The summed E-state index contributed by atoms with van der Waals surface area (Å²) in [4.78, 5) is 7.20. The highest BCUT2D eigenvalue weighted by Crippen LogP contribution is 2.23. The lowest BCUT2D eigenvalue weighted by molar-refractivity contribution is 0.566. The highest BCUT2D eigenvalue weighted by atomic mass is 15.2. The van der Waals surface area contributed by atoms with Crippen molar-refractivity contribution in [2.75, 3.05) is 24.5 Å². The van der Waals surface area contributed by atoms with Crippen molar-refractivity contribution in [3.05, 3.63) is 23.9 Å². The Bertz CT molecular complexity index is 413. The second-order valence-corrected chi connectivity index (χ2v) is 7.25. The first-order valence-corrected chi connectivity index (χ1v) is 8.45. The number of unbranched alkanes of at least 4 members (excludes halogenated alkanes) is 1. The van der Waals surface area contributed by atoms with Gasteiger partial charge >= 0.3 is 0 Å². The van der Waals surface area contributed by atoms with E-state index in [-0.39, 0.29) is 5.41 Å². The van der Waals surface area contributed by atoms with Gasteiger partial charge in [0.05, 0.1) is 0 Å². The molecule has 21 heavy (non-hydrogen) atoms. The van der Waals surface area contributed by atoms with Gasteiger partial charge in [-0.1, -0.05) is 40.2 Å². The lowest BCUT2D eigenvalue weighted by Gasteiger charge is -2.28. The third-order valence-corrected chi connectivity index (χ3v) is 4.32. The zero-order chi connectivity index (χ0) is 15.3. The maximum Gasteiger partial charge on any atom is 0.128 e. The van der Waals surface area contributed by atoms with E-state index in [1.54, 1.807) is 0 Å². The van der Waals surface area contributed by atoms with E-state index >= 15 is 0 Å². The van der Waals surface area contributed by atoms with Gasteiger partial charge in [0.25, 0.3) is 0 Å². The van der Waals surface area contributed by atoms with Crippen molar-refractivity contribution in [3.8, 4) is 0 Å². The Hall–Kier alpha value is -1.09. The van der Waals surface area contributed by atoms with Gasteiger partial charge in [-0.25, -0.2) is 4.98 Å². The molecule has 0 aromatic carbocycles. The maximum atomic E-state index is 4.74. The SMILES string of the molecule is CCCCN(CC1CCCN1)c1ccc(C(C)(C)C)cn1.